The lowest BCUT2D eigenvalue weighted by molar-refractivity contribution is 0.131. The molecule has 2 atom stereocenters. The third-order valence-electron chi connectivity index (χ3n) is 6.28. The topological polar surface area (TPSA) is 22.1 Å². The van der Waals surface area contributed by atoms with E-state index in [4.69, 9.17) is 9.72 Å². The average molecular weight is 402 g/mol. The van der Waals surface area contributed by atoms with E-state index in [1.54, 1.807) is 0 Å². The predicted octanol–water partition coefficient (Wildman–Crippen LogP) is 7.69. The second-order valence-corrected chi connectivity index (χ2v) is 9.59. The van der Waals surface area contributed by atoms with Crippen LogP contribution in [0.4, 0.5) is 0 Å². The molecule has 0 aliphatic heterocycles. The summed E-state index contributed by atoms with van der Waals surface area (Å²) in [7, 11) is 0. The number of fused-ring (bicyclic) bond motifs is 2. The molecule has 1 fully saturated rings. The van der Waals surface area contributed by atoms with Crippen molar-refractivity contribution >= 4 is 32.3 Å². The smallest absolute Gasteiger partial charge is 0.129 e. The van der Waals surface area contributed by atoms with Crippen LogP contribution in [0.1, 0.15) is 43.7 Å². The highest BCUT2D eigenvalue weighted by molar-refractivity contribution is 7.22. The predicted molar refractivity (Wildman–Crippen MR) is 124 cm³/mol. The number of rotatable bonds is 3. The number of aryl methyl sites for hydroxylation is 2. The van der Waals surface area contributed by atoms with Gasteiger partial charge in [-0.2, -0.15) is 0 Å². The third-order valence-corrected chi connectivity index (χ3v) is 7.57. The first kappa shape index (κ1) is 18.6. The zero-order chi connectivity index (χ0) is 20.0. The van der Waals surface area contributed by atoms with E-state index in [1.807, 2.05) is 11.3 Å². The quantitative estimate of drug-likeness (QED) is 0.351. The van der Waals surface area contributed by atoms with Crippen molar-refractivity contribution in [2.24, 2.45) is 5.92 Å². The van der Waals surface area contributed by atoms with Crippen molar-refractivity contribution < 1.29 is 4.74 Å². The molecular formula is C26H27NOS. The number of hydrogen-bond donors (Lipinski definition) is 0. The van der Waals surface area contributed by atoms with Gasteiger partial charge in [-0.05, 0) is 79.8 Å². The highest BCUT2D eigenvalue weighted by Crippen LogP contribution is 2.39. The monoisotopic (exact) mass is 401 g/mol. The van der Waals surface area contributed by atoms with Gasteiger partial charge in [-0.1, -0.05) is 37.6 Å². The van der Waals surface area contributed by atoms with Gasteiger partial charge < -0.3 is 4.74 Å². The molecule has 0 N–H and O–H groups in total. The molecule has 3 heteroatoms. The van der Waals surface area contributed by atoms with E-state index in [9.17, 15) is 0 Å². The Kier molecular flexibility index (Phi) is 4.79. The fourth-order valence-corrected chi connectivity index (χ4v) is 5.82. The molecule has 2 nitrogen and oxygen atoms in total. The van der Waals surface area contributed by atoms with Gasteiger partial charge in [-0.3, -0.25) is 0 Å². The molecule has 5 rings (SSSR count). The highest BCUT2D eigenvalue weighted by Gasteiger charge is 2.21. The maximum absolute atomic E-state index is 6.47. The minimum atomic E-state index is 0.328. The Hall–Kier alpha value is -2.39. The Morgan fingerprint density at radius 3 is 2.66 bits per heavy atom. The molecule has 4 aromatic rings. The van der Waals surface area contributed by atoms with Crippen LogP contribution >= 0.6 is 11.3 Å². The van der Waals surface area contributed by atoms with E-state index < -0.39 is 0 Å². The van der Waals surface area contributed by atoms with Crippen molar-refractivity contribution in [2.75, 3.05) is 0 Å². The number of aromatic nitrogens is 1. The van der Waals surface area contributed by atoms with E-state index in [-0.39, 0.29) is 0 Å². The van der Waals surface area contributed by atoms with Crippen molar-refractivity contribution in [3.63, 3.8) is 0 Å². The number of nitrogens with zero attached hydrogens (tertiary/aromatic N) is 1. The van der Waals surface area contributed by atoms with Crippen LogP contribution in [0.2, 0.25) is 0 Å². The first-order valence-corrected chi connectivity index (χ1v) is 11.5. The fourth-order valence-electron chi connectivity index (χ4n) is 4.64. The molecule has 1 aliphatic carbocycles. The number of benzene rings is 2. The molecule has 1 saturated carbocycles. The maximum atomic E-state index is 6.47. The van der Waals surface area contributed by atoms with Gasteiger partial charge in [-0.25, -0.2) is 4.98 Å². The van der Waals surface area contributed by atoms with Crippen LogP contribution in [-0.4, -0.2) is 11.1 Å². The van der Waals surface area contributed by atoms with Crippen molar-refractivity contribution in [3.8, 4) is 16.3 Å². The maximum Gasteiger partial charge on any atom is 0.129 e. The molecule has 1 aliphatic rings. The van der Waals surface area contributed by atoms with Gasteiger partial charge in [0.1, 0.15) is 5.75 Å². The molecule has 0 saturated heterocycles. The van der Waals surface area contributed by atoms with Gasteiger partial charge in [0.25, 0.3) is 0 Å². The zero-order valence-electron chi connectivity index (χ0n) is 17.4. The second kappa shape index (κ2) is 7.46. The molecule has 0 bridgehead atoms. The molecule has 148 valence electrons. The normalized spacial score (nSPS) is 19.7. The van der Waals surface area contributed by atoms with Gasteiger partial charge in [-0.15, -0.1) is 11.3 Å². The standard InChI is InChI=1S/C26H27NOS/c1-16-7-6-8-19(15-16)28-23-14-11-17(2)25-21(23)12-13-22(27-25)26-18(3)20-9-4-5-10-24(20)29-26/h4-5,9-14,16,19H,6-8,15H2,1-3H3/t16-,19-/m0/s1. The van der Waals surface area contributed by atoms with E-state index in [1.165, 1.54) is 38.9 Å². The Labute approximate surface area is 176 Å². The molecule has 2 aromatic heterocycles. The summed E-state index contributed by atoms with van der Waals surface area (Å²) in [6, 6.07) is 17.3. The lowest BCUT2D eigenvalue weighted by Crippen LogP contribution is -2.24. The van der Waals surface area contributed by atoms with Crippen LogP contribution in [0.5, 0.6) is 5.75 Å². The van der Waals surface area contributed by atoms with Crippen molar-refractivity contribution in [1.29, 1.82) is 0 Å². The summed E-state index contributed by atoms with van der Waals surface area (Å²) in [5.74, 6) is 1.74. The van der Waals surface area contributed by atoms with Crippen LogP contribution in [0, 0.1) is 19.8 Å². The molecule has 2 aromatic carbocycles. The van der Waals surface area contributed by atoms with Crippen molar-refractivity contribution in [2.45, 2.75) is 52.6 Å². The average Bonchev–Trinajstić information content (AvgIpc) is 3.07. The van der Waals surface area contributed by atoms with Crippen LogP contribution in [0.3, 0.4) is 0 Å². The van der Waals surface area contributed by atoms with Crippen LogP contribution in [-0.2, 0) is 0 Å². The number of hydrogen-bond acceptors (Lipinski definition) is 3. The summed E-state index contributed by atoms with van der Waals surface area (Å²) < 4.78 is 7.80. The summed E-state index contributed by atoms with van der Waals surface area (Å²) in [5, 5.41) is 2.46. The van der Waals surface area contributed by atoms with Crippen molar-refractivity contribution in [1.82, 2.24) is 4.98 Å². The first-order chi connectivity index (χ1) is 14.1. The SMILES string of the molecule is Cc1c(-c2ccc3c(O[C@H]4CCC[C@H](C)C4)ccc(C)c3n2)sc2ccccc12. The van der Waals surface area contributed by atoms with E-state index in [0.29, 0.717) is 6.10 Å². The van der Waals surface area contributed by atoms with Gasteiger partial charge in [0, 0.05) is 10.1 Å². The minimum absolute atomic E-state index is 0.328. The first-order valence-electron chi connectivity index (χ1n) is 10.7. The largest absolute Gasteiger partial charge is 0.490 e. The molecule has 0 spiro atoms. The molecule has 0 radical (unpaired) electrons. The summed E-state index contributed by atoms with van der Waals surface area (Å²) in [4.78, 5) is 6.36. The second-order valence-electron chi connectivity index (χ2n) is 8.54. The summed E-state index contributed by atoms with van der Waals surface area (Å²) >= 11 is 1.83. The van der Waals surface area contributed by atoms with E-state index in [2.05, 4.69) is 69.3 Å². The van der Waals surface area contributed by atoms with Gasteiger partial charge >= 0.3 is 0 Å². The van der Waals surface area contributed by atoms with E-state index >= 15 is 0 Å². The van der Waals surface area contributed by atoms with Crippen LogP contribution < -0.4 is 4.74 Å². The Bertz CT molecular complexity index is 1190. The fraction of sp³-hybridized carbons (Fsp3) is 0.346. The number of thiophene rings is 1. The molecule has 0 unspecified atom stereocenters. The van der Waals surface area contributed by atoms with Gasteiger partial charge in [0.2, 0.25) is 0 Å². The Morgan fingerprint density at radius 1 is 0.966 bits per heavy atom. The number of ether oxygens (including phenoxy) is 1. The molecular weight excluding hydrogens is 374 g/mol. The summed E-state index contributed by atoms with van der Waals surface area (Å²) in [5.41, 5.74) is 4.63. The van der Waals surface area contributed by atoms with Crippen LogP contribution in [0.25, 0.3) is 31.6 Å². The lowest BCUT2D eigenvalue weighted by Gasteiger charge is -2.28. The molecule has 0 amide bonds. The van der Waals surface area contributed by atoms with Gasteiger partial charge in [0.15, 0.2) is 0 Å². The van der Waals surface area contributed by atoms with Crippen LogP contribution in [0.15, 0.2) is 48.5 Å². The lowest BCUT2D eigenvalue weighted by atomic mass is 9.88. The van der Waals surface area contributed by atoms with Crippen molar-refractivity contribution in [3.05, 3.63) is 59.7 Å². The Balaban J connectivity index is 1.56. The number of pyridine rings is 1. The third kappa shape index (κ3) is 3.42. The Morgan fingerprint density at radius 2 is 1.83 bits per heavy atom. The summed E-state index contributed by atoms with van der Waals surface area (Å²) in [6.07, 6.45) is 5.24. The molecule has 29 heavy (non-hydrogen) atoms. The molecule has 2 heterocycles. The van der Waals surface area contributed by atoms with E-state index in [0.717, 1.165) is 41.1 Å². The van der Waals surface area contributed by atoms with Gasteiger partial charge in [0.05, 0.1) is 22.2 Å². The summed E-state index contributed by atoms with van der Waals surface area (Å²) in [6.45, 7) is 6.68. The minimum Gasteiger partial charge on any atom is -0.490 e. The zero-order valence-corrected chi connectivity index (χ0v) is 18.2. The highest BCUT2D eigenvalue weighted by atomic mass is 32.1.